The van der Waals surface area contributed by atoms with Crippen LogP contribution in [-0.2, 0) is 4.79 Å². The highest BCUT2D eigenvalue weighted by molar-refractivity contribution is 6.30. The molecule has 1 aromatic carbocycles. The van der Waals surface area contributed by atoms with Gasteiger partial charge < -0.3 is 15.8 Å². The van der Waals surface area contributed by atoms with Gasteiger partial charge in [-0.1, -0.05) is 24.9 Å². The van der Waals surface area contributed by atoms with E-state index in [2.05, 4.69) is 5.32 Å². The lowest BCUT2D eigenvalue weighted by molar-refractivity contribution is -0.122. The Morgan fingerprint density at radius 1 is 1.50 bits per heavy atom. The second-order valence-corrected chi connectivity index (χ2v) is 5.23. The van der Waals surface area contributed by atoms with E-state index in [9.17, 15) is 4.79 Å². The van der Waals surface area contributed by atoms with E-state index in [-0.39, 0.29) is 5.91 Å². The summed E-state index contributed by atoms with van der Waals surface area (Å²) in [6.07, 6.45) is 2.37. The smallest absolute Gasteiger partial charge is 0.236 e. The number of ether oxygens (including phenoxy) is 1. The Labute approximate surface area is 125 Å². The molecule has 112 valence electrons. The fourth-order valence-electron chi connectivity index (χ4n) is 1.81. The lowest BCUT2D eigenvalue weighted by Crippen LogP contribution is -2.41. The van der Waals surface area contributed by atoms with Crippen LogP contribution in [0.15, 0.2) is 18.2 Å². The molecule has 0 aliphatic rings. The van der Waals surface area contributed by atoms with Crippen molar-refractivity contribution in [1.82, 2.24) is 5.32 Å². The van der Waals surface area contributed by atoms with Gasteiger partial charge in [0.05, 0.1) is 12.6 Å². The summed E-state index contributed by atoms with van der Waals surface area (Å²) in [6.45, 7) is 5.08. The largest absolute Gasteiger partial charge is 0.493 e. The van der Waals surface area contributed by atoms with Gasteiger partial charge in [-0.3, -0.25) is 4.79 Å². The summed E-state index contributed by atoms with van der Waals surface area (Å²) in [5.41, 5.74) is 6.72. The molecular weight excluding hydrogens is 276 g/mol. The van der Waals surface area contributed by atoms with Crippen molar-refractivity contribution in [2.75, 3.05) is 13.2 Å². The number of hydrogen-bond donors (Lipinski definition) is 2. The van der Waals surface area contributed by atoms with Crippen LogP contribution in [0.2, 0.25) is 5.02 Å². The van der Waals surface area contributed by atoms with Gasteiger partial charge in [-0.05, 0) is 43.5 Å². The van der Waals surface area contributed by atoms with Crippen molar-refractivity contribution < 1.29 is 9.53 Å². The summed E-state index contributed by atoms with van der Waals surface area (Å²) in [4.78, 5) is 11.6. The van der Waals surface area contributed by atoms with Crippen molar-refractivity contribution in [3.8, 4) is 5.75 Å². The lowest BCUT2D eigenvalue weighted by Gasteiger charge is -2.12. The molecule has 5 heteroatoms. The molecule has 20 heavy (non-hydrogen) atoms. The maximum absolute atomic E-state index is 11.6. The number of nitrogens with one attached hydrogen (secondary N) is 1. The maximum atomic E-state index is 11.6. The predicted octanol–water partition coefficient (Wildman–Crippen LogP) is 2.66. The second-order valence-electron chi connectivity index (χ2n) is 4.80. The summed E-state index contributed by atoms with van der Waals surface area (Å²) in [7, 11) is 0. The predicted molar refractivity (Wildman–Crippen MR) is 82.2 cm³/mol. The SMILES string of the molecule is CCCC(N)C(=O)NCCCOc1ccc(Cl)cc1C. The van der Waals surface area contributed by atoms with Crippen LogP contribution in [0.25, 0.3) is 0 Å². The molecule has 1 amide bonds. The van der Waals surface area contributed by atoms with Crippen molar-refractivity contribution in [1.29, 1.82) is 0 Å². The van der Waals surface area contributed by atoms with Crippen molar-refractivity contribution >= 4 is 17.5 Å². The fraction of sp³-hybridized carbons (Fsp3) is 0.533. The van der Waals surface area contributed by atoms with E-state index in [0.717, 1.165) is 24.2 Å². The van der Waals surface area contributed by atoms with E-state index < -0.39 is 6.04 Å². The number of nitrogens with two attached hydrogens (primary N) is 1. The molecule has 0 spiro atoms. The molecule has 3 N–H and O–H groups in total. The third kappa shape index (κ3) is 5.80. The third-order valence-electron chi connectivity index (χ3n) is 2.95. The van der Waals surface area contributed by atoms with Crippen LogP contribution in [0.1, 0.15) is 31.7 Å². The Balaban J connectivity index is 2.20. The third-order valence-corrected chi connectivity index (χ3v) is 3.19. The standard InChI is InChI=1S/C15H23ClN2O2/c1-3-5-13(17)15(19)18-8-4-9-20-14-7-6-12(16)10-11(14)2/h6-7,10,13H,3-5,8-9,17H2,1-2H3,(H,18,19). The van der Waals surface area contributed by atoms with E-state index >= 15 is 0 Å². The Morgan fingerprint density at radius 2 is 2.25 bits per heavy atom. The molecule has 0 aliphatic carbocycles. The Morgan fingerprint density at radius 3 is 2.90 bits per heavy atom. The summed E-state index contributed by atoms with van der Waals surface area (Å²) in [6, 6.07) is 5.12. The van der Waals surface area contributed by atoms with Gasteiger partial charge in [0.25, 0.3) is 0 Å². The highest BCUT2D eigenvalue weighted by Crippen LogP contribution is 2.21. The topological polar surface area (TPSA) is 64.4 Å². The van der Waals surface area contributed by atoms with E-state index in [4.69, 9.17) is 22.1 Å². The van der Waals surface area contributed by atoms with E-state index in [1.165, 1.54) is 0 Å². The van der Waals surface area contributed by atoms with Crippen LogP contribution >= 0.6 is 11.6 Å². The highest BCUT2D eigenvalue weighted by Gasteiger charge is 2.10. The first-order valence-electron chi connectivity index (χ1n) is 6.96. The number of benzene rings is 1. The van der Waals surface area contributed by atoms with Gasteiger partial charge in [0.2, 0.25) is 5.91 Å². The fourth-order valence-corrected chi connectivity index (χ4v) is 2.04. The zero-order chi connectivity index (χ0) is 15.0. The number of carbonyl (C=O) groups excluding carboxylic acids is 1. The number of hydrogen-bond acceptors (Lipinski definition) is 3. The molecule has 0 saturated carbocycles. The van der Waals surface area contributed by atoms with Gasteiger partial charge in [0.1, 0.15) is 5.75 Å². The Bertz CT molecular complexity index is 438. The molecule has 1 aromatic rings. The minimum Gasteiger partial charge on any atom is -0.493 e. The monoisotopic (exact) mass is 298 g/mol. The number of halogens is 1. The van der Waals surface area contributed by atoms with Crippen LogP contribution < -0.4 is 15.8 Å². The zero-order valence-electron chi connectivity index (χ0n) is 12.1. The Hall–Kier alpha value is -1.26. The van der Waals surface area contributed by atoms with Crippen molar-refractivity contribution in [3.05, 3.63) is 28.8 Å². The van der Waals surface area contributed by atoms with Crippen molar-refractivity contribution in [2.45, 2.75) is 39.2 Å². The Kier molecular flexibility index (Phi) is 7.41. The molecule has 0 fully saturated rings. The van der Waals surface area contributed by atoms with E-state index in [1.807, 2.05) is 26.0 Å². The second kappa shape index (κ2) is 8.82. The summed E-state index contributed by atoms with van der Waals surface area (Å²) >= 11 is 5.88. The molecule has 1 unspecified atom stereocenters. The number of rotatable bonds is 8. The molecule has 0 bridgehead atoms. The molecule has 1 atom stereocenters. The van der Waals surface area contributed by atoms with Crippen molar-refractivity contribution in [2.24, 2.45) is 5.73 Å². The summed E-state index contributed by atoms with van der Waals surface area (Å²) in [5, 5.41) is 3.51. The lowest BCUT2D eigenvalue weighted by atomic mass is 10.2. The highest BCUT2D eigenvalue weighted by atomic mass is 35.5. The van der Waals surface area contributed by atoms with Crippen LogP contribution in [-0.4, -0.2) is 25.1 Å². The van der Waals surface area contributed by atoms with Gasteiger partial charge in [-0.15, -0.1) is 0 Å². The number of aryl methyl sites for hydroxylation is 1. The van der Waals surface area contributed by atoms with E-state index in [0.29, 0.717) is 24.6 Å². The zero-order valence-corrected chi connectivity index (χ0v) is 12.9. The van der Waals surface area contributed by atoms with Gasteiger partial charge in [-0.2, -0.15) is 0 Å². The summed E-state index contributed by atoms with van der Waals surface area (Å²) < 4.78 is 5.64. The minimum atomic E-state index is -0.403. The molecule has 0 aromatic heterocycles. The van der Waals surface area contributed by atoms with E-state index in [1.54, 1.807) is 6.07 Å². The van der Waals surface area contributed by atoms with Gasteiger partial charge in [0, 0.05) is 11.6 Å². The molecular formula is C15H23ClN2O2. The average Bonchev–Trinajstić information content (AvgIpc) is 2.40. The molecule has 0 saturated heterocycles. The van der Waals surface area contributed by atoms with Crippen LogP contribution in [0, 0.1) is 6.92 Å². The van der Waals surface area contributed by atoms with Crippen LogP contribution in [0.4, 0.5) is 0 Å². The first kappa shape index (κ1) is 16.8. The molecule has 1 rings (SSSR count). The minimum absolute atomic E-state index is 0.0884. The number of amides is 1. The first-order chi connectivity index (χ1) is 9.54. The van der Waals surface area contributed by atoms with Crippen molar-refractivity contribution in [3.63, 3.8) is 0 Å². The maximum Gasteiger partial charge on any atom is 0.236 e. The normalized spacial score (nSPS) is 12.0. The molecule has 0 radical (unpaired) electrons. The summed E-state index contributed by atoms with van der Waals surface area (Å²) in [5.74, 6) is 0.734. The molecule has 4 nitrogen and oxygen atoms in total. The van der Waals surface area contributed by atoms with Crippen LogP contribution in [0.5, 0.6) is 5.75 Å². The average molecular weight is 299 g/mol. The number of carbonyl (C=O) groups is 1. The van der Waals surface area contributed by atoms with Crippen LogP contribution in [0.3, 0.4) is 0 Å². The quantitative estimate of drug-likeness (QED) is 0.725. The van der Waals surface area contributed by atoms with Gasteiger partial charge >= 0.3 is 0 Å². The van der Waals surface area contributed by atoms with Gasteiger partial charge in [-0.25, -0.2) is 0 Å². The molecule has 0 heterocycles. The first-order valence-corrected chi connectivity index (χ1v) is 7.34. The molecule has 0 aliphatic heterocycles. The van der Waals surface area contributed by atoms with Gasteiger partial charge in [0.15, 0.2) is 0 Å².